The zero-order chi connectivity index (χ0) is 20.8. The summed E-state index contributed by atoms with van der Waals surface area (Å²) in [6.45, 7) is 0.141. The zero-order valence-electron chi connectivity index (χ0n) is 15.1. The summed E-state index contributed by atoms with van der Waals surface area (Å²) < 4.78 is 16.5. The number of nitrogens with zero attached hydrogens (tertiary/aromatic N) is 1. The Kier molecular flexibility index (Phi) is 4.73. The Labute approximate surface area is 185 Å². The molecule has 1 fully saturated rings. The summed E-state index contributed by atoms with van der Waals surface area (Å²) in [6, 6.07) is 13.8. The molecule has 2 aliphatic heterocycles. The van der Waals surface area contributed by atoms with Crippen molar-refractivity contribution < 1.29 is 18.7 Å². The number of halogens is 2. The Bertz CT molecular complexity index is 1240. The standard InChI is InChI=1S/C21H12Cl2N2O4S/c22-11-1-4-14(15(23)7-11)16-6-3-13(29-16)9-19-20(26)25(21(24)30-19)12-2-5-17-18(8-12)28-10-27-17/h1-9,24H,10H2/b19-9-,24-21?. The van der Waals surface area contributed by atoms with Gasteiger partial charge in [0.2, 0.25) is 6.79 Å². The van der Waals surface area contributed by atoms with Gasteiger partial charge < -0.3 is 13.9 Å². The molecule has 0 spiro atoms. The van der Waals surface area contributed by atoms with Crippen molar-refractivity contribution in [3.8, 4) is 22.8 Å². The SMILES string of the molecule is N=C1S/C(=C\c2ccc(-c3ccc(Cl)cc3Cl)o2)C(=O)N1c1ccc2c(c1)OCO2. The predicted molar refractivity (Wildman–Crippen MR) is 118 cm³/mol. The van der Waals surface area contributed by atoms with Crippen LogP contribution in [0.25, 0.3) is 17.4 Å². The van der Waals surface area contributed by atoms with Crippen LogP contribution in [0.2, 0.25) is 10.0 Å². The molecule has 3 heterocycles. The average molecular weight is 459 g/mol. The van der Waals surface area contributed by atoms with E-state index in [4.69, 9.17) is 42.5 Å². The molecule has 9 heteroatoms. The lowest BCUT2D eigenvalue weighted by molar-refractivity contribution is -0.113. The summed E-state index contributed by atoms with van der Waals surface area (Å²) >= 11 is 13.2. The number of benzene rings is 2. The molecule has 1 aromatic heterocycles. The van der Waals surface area contributed by atoms with Gasteiger partial charge in [0.1, 0.15) is 11.5 Å². The summed E-state index contributed by atoms with van der Waals surface area (Å²) in [5.74, 6) is 1.88. The van der Waals surface area contributed by atoms with Crippen LogP contribution in [0.15, 0.2) is 57.9 Å². The first-order chi connectivity index (χ1) is 14.5. The van der Waals surface area contributed by atoms with Crippen LogP contribution in [0.1, 0.15) is 5.76 Å². The van der Waals surface area contributed by atoms with Gasteiger partial charge >= 0.3 is 0 Å². The summed E-state index contributed by atoms with van der Waals surface area (Å²) in [5.41, 5.74) is 1.24. The number of amidine groups is 1. The molecule has 2 aliphatic rings. The van der Waals surface area contributed by atoms with Crippen molar-refractivity contribution >= 4 is 57.8 Å². The van der Waals surface area contributed by atoms with E-state index in [2.05, 4.69) is 0 Å². The van der Waals surface area contributed by atoms with Gasteiger partial charge in [-0.05, 0) is 54.2 Å². The number of nitrogens with one attached hydrogen (secondary N) is 1. The van der Waals surface area contributed by atoms with Gasteiger partial charge in [-0.3, -0.25) is 15.1 Å². The number of carbonyl (C=O) groups excluding carboxylic acids is 1. The van der Waals surface area contributed by atoms with Crippen LogP contribution in [0.4, 0.5) is 5.69 Å². The Morgan fingerprint density at radius 3 is 2.70 bits per heavy atom. The van der Waals surface area contributed by atoms with Gasteiger partial charge in [-0.15, -0.1) is 0 Å². The maximum atomic E-state index is 12.9. The number of carbonyl (C=O) groups is 1. The van der Waals surface area contributed by atoms with Crippen molar-refractivity contribution in [3.63, 3.8) is 0 Å². The summed E-state index contributed by atoms with van der Waals surface area (Å²) in [6.07, 6.45) is 1.61. The molecule has 0 unspecified atom stereocenters. The van der Waals surface area contributed by atoms with E-state index in [1.54, 1.807) is 54.6 Å². The fraction of sp³-hybridized carbons (Fsp3) is 0.0476. The second-order valence-electron chi connectivity index (χ2n) is 6.42. The van der Waals surface area contributed by atoms with Crippen molar-refractivity contribution in [2.75, 3.05) is 11.7 Å². The first kappa shape index (κ1) is 19.1. The van der Waals surface area contributed by atoms with Crippen LogP contribution >= 0.6 is 35.0 Å². The summed E-state index contributed by atoms with van der Waals surface area (Å²) in [4.78, 5) is 14.6. The lowest BCUT2D eigenvalue weighted by atomic mass is 10.2. The number of rotatable bonds is 3. The molecule has 0 aliphatic carbocycles. The van der Waals surface area contributed by atoms with Crippen molar-refractivity contribution in [2.24, 2.45) is 0 Å². The maximum Gasteiger partial charge on any atom is 0.271 e. The Morgan fingerprint density at radius 1 is 1.03 bits per heavy atom. The summed E-state index contributed by atoms with van der Waals surface area (Å²) in [5, 5.41) is 9.35. The van der Waals surface area contributed by atoms with E-state index in [1.165, 1.54) is 4.90 Å². The number of ether oxygens (including phenoxy) is 2. The highest BCUT2D eigenvalue weighted by Crippen LogP contribution is 2.40. The van der Waals surface area contributed by atoms with E-state index < -0.39 is 0 Å². The van der Waals surface area contributed by atoms with Crippen LogP contribution < -0.4 is 14.4 Å². The third-order valence-corrected chi connectivity index (χ3v) is 5.97. The number of furan rings is 1. The largest absolute Gasteiger partial charge is 0.457 e. The molecular formula is C21H12Cl2N2O4S. The molecule has 150 valence electrons. The number of fused-ring (bicyclic) bond motifs is 1. The molecule has 30 heavy (non-hydrogen) atoms. The Hall–Kier alpha value is -2.87. The molecule has 0 atom stereocenters. The molecule has 6 nitrogen and oxygen atoms in total. The van der Waals surface area contributed by atoms with Crippen LogP contribution in [0.5, 0.6) is 11.5 Å². The highest BCUT2D eigenvalue weighted by atomic mass is 35.5. The topological polar surface area (TPSA) is 75.8 Å². The van der Waals surface area contributed by atoms with Gasteiger partial charge in [0.05, 0.1) is 15.6 Å². The number of hydrogen-bond donors (Lipinski definition) is 1. The lowest BCUT2D eigenvalue weighted by Gasteiger charge is -2.14. The van der Waals surface area contributed by atoms with Gasteiger partial charge in [0.15, 0.2) is 16.7 Å². The van der Waals surface area contributed by atoms with E-state index >= 15 is 0 Å². The van der Waals surface area contributed by atoms with E-state index in [9.17, 15) is 4.79 Å². The van der Waals surface area contributed by atoms with Crippen molar-refractivity contribution in [3.05, 3.63) is 69.2 Å². The fourth-order valence-corrected chi connectivity index (χ4v) is 4.48. The number of anilines is 1. The smallest absolute Gasteiger partial charge is 0.271 e. The zero-order valence-corrected chi connectivity index (χ0v) is 17.5. The molecule has 2 aromatic carbocycles. The van der Waals surface area contributed by atoms with Gasteiger partial charge in [0, 0.05) is 22.7 Å². The first-order valence-electron chi connectivity index (χ1n) is 8.77. The minimum atomic E-state index is -0.314. The maximum absolute atomic E-state index is 12.9. The van der Waals surface area contributed by atoms with Gasteiger partial charge in [-0.1, -0.05) is 23.2 Å². The molecular weight excluding hydrogens is 447 g/mol. The van der Waals surface area contributed by atoms with Gasteiger partial charge in [-0.2, -0.15) is 0 Å². The fourth-order valence-electron chi connectivity index (χ4n) is 3.14. The highest BCUT2D eigenvalue weighted by Gasteiger charge is 2.34. The normalized spacial score (nSPS) is 16.7. The van der Waals surface area contributed by atoms with Crippen LogP contribution in [0, 0.1) is 5.41 Å². The molecule has 5 rings (SSSR count). The Balaban J connectivity index is 1.42. The third kappa shape index (κ3) is 3.35. The van der Waals surface area contributed by atoms with Crippen molar-refractivity contribution in [2.45, 2.75) is 0 Å². The van der Waals surface area contributed by atoms with Crippen LogP contribution in [-0.4, -0.2) is 17.9 Å². The molecule has 0 bridgehead atoms. The monoisotopic (exact) mass is 458 g/mol. The summed E-state index contributed by atoms with van der Waals surface area (Å²) in [7, 11) is 0. The van der Waals surface area contributed by atoms with E-state index in [-0.39, 0.29) is 17.9 Å². The molecule has 1 saturated heterocycles. The quantitative estimate of drug-likeness (QED) is 0.484. The third-order valence-electron chi connectivity index (χ3n) is 4.53. The first-order valence-corrected chi connectivity index (χ1v) is 10.3. The van der Waals surface area contributed by atoms with Crippen LogP contribution in [0.3, 0.4) is 0 Å². The number of thioether (sulfide) groups is 1. The minimum absolute atomic E-state index is 0.0950. The van der Waals surface area contributed by atoms with Crippen molar-refractivity contribution in [1.82, 2.24) is 0 Å². The van der Waals surface area contributed by atoms with Gasteiger partial charge in [0.25, 0.3) is 5.91 Å². The number of hydrogen-bond acceptors (Lipinski definition) is 6. The van der Waals surface area contributed by atoms with E-state index in [0.29, 0.717) is 49.2 Å². The second-order valence-corrected chi connectivity index (χ2v) is 8.29. The van der Waals surface area contributed by atoms with Crippen molar-refractivity contribution in [1.29, 1.82) is 5.41 Å². The van der Waals surface area contributed by atoms with E-state index in [0.717, 1.165) is 11.8 Å². The van der Waals surface area contributed by atoms with E-state index in [1.807, 2.05) is 0 Å². The molecule has 0 radical (unpaired) electrons. The second kappa shape index (κ2) is 7.43. The molecule has 3 aromatic rings. The molecule has 1 N–H and O–H groups in total. The molecule has 1 amide bonds. The van der Waals surface area contributed by atoms with Gasteiger partial charge in [-0.25, -0.2) is 0 Å². The minimum Gasteiger partial charge on any atom is -0.457 e. The average Bonchev–Trinajstić information content (AvgIpc) is 3.42. The highest BCUT2D eigenvalue weighted by molar-refractivity contribution is 8.19. The van der Waals surface area contributed by atoms with Crippen LogP contribution in [-0.2, 0) is 4.79 Å². The number of amides is 1. The predicted octanol–water partition coefficient (Wildman–Crippen LogP) is 6.04. The molecule has 0 saturated carbocycles. The Morgan fingerprint density at radius 2 is 1.87 bits per heavy atom. The lowest BCUT2D eigenvalue weighted by Crippen LogP contribution is -2.28.